The average molecular weight is 294 g/mol. The molecule has 0 aliphatic heterocycles. The van der Waals surface area contributed by atoms with Crippen LogP contribution >= 0.6 is 0 Å². The van der Waals surface area contributed by atoms with Crippen LogP contribution < -0.4 is 11.1 Å². The Morgan fingerprint density at radius 2 is 2.00 bits per heavy atom. The summed E-state index contributed by atoms with van der Waals surface area (Å²) in [5, 5.41) is 3.35. The lowest BCUT2D eigenvalue weighted by molar-refractivity contribution is -0.147. The lowest BCUT2D eigenvalue weighted by Crippen LogP contribution is -2.64. The van der Waals surface area contributed by atoms with E-state index in [-0.39, 0.29) is 23.3 Å². The van der Waals surface area contributed by atoms with Gasteiger partial charge in [0, 0.05) is 30.0 Å². The minimum atomic E-state index is 0.137. The van der Waals surface area contributed by atoms with E-state index in [2.05, 4.69) is 12.2 Å². The summed E-state index contributed by atoms with van der Waals surface area (Å²) < 4.78 is 5.92. The summed E-state index contributed by atoms with van der Waals surface area (Å²) in [7, 11) is 0. The quantitative estimate of drug-likeness (QED) is 0.836. The van der Waals surface area contributed by atoms with Crippen LogP contribution in [0, 0.1) is 11.3 Å². The van der Waals surface area contributed by atoms with Crippen molar-refractivity contribution in [3.8, 4) is 0 Å². The Morgan fingerprint density at radius 3 is 2.67 bits per heavy atom. The Kier molecular flexibility index (Phi) is 4.55. The first kappa shape index (κ1) is 15.3. The van der Waals surface area contributed by atoms with Crippen LogP contribution in [0.5, 0.6) is 0 Å². The molecule has 3 aliphatic carbocycles. The first-order valence-corrected chi connectivity index (χ1v) is 8.83. The monoisotopic (exact) mass is 294 g/mol. The molecule has 0 radical (unpaired) electrons. The molecule has 1 amide bonds. The van der Waals surface area contributed by atoms with Crippen LogP contribution in [0.4, 0.5) is 0 Å². The highest BCUT2D eigenvalue weighted by molar-refractivity contribution is 5.79. The SMILES string of the molecule is CCOC1CC(NC(=O)C2CCCC(N)C2)C12CCCC2. The number of ether oxygens (including phenoxy) is 1. The van der Waals surface area contributed by atoms with Gasteiger partial charge in [0.1, 0.15) is 0 Å². The molecule has 4 nitrogen and oxygen atoms in total. The molecule has 4 heteroatoms. The fourth-order valence-electron chi connectivity index (χ4n) is 4.84. The fraction of sp³-hybridized carbons (Fsp3) is 0.941. The van der Waals surface area contributed by atoms with Gasteiger partial charge in [-0.25, -0.2) is 0 Å². The molecule has 21 heavy (non-hydrogen) atoms. The van der Waals surface area contributed by atoms with Gasteiger partial charge in [-0.05, 0) is 45.4 Å². The lowest BCUT2D eigenvalue weighted by Gasteiger charge is -2.54. The highest BCUT2D eigenvalue weighted by Gasteiger charge is 2.57. The Morgan fingerprint density at radius 1 is 1.24 bits per heavy atom. The molecule has 0 bridgehead atoms. The van der Waals surface area contributed by atoms with Gasteiger partial charge in [-0.3, -0.25) is 4.79 Å². The number of hydrogen-bond acceptors (Lipinski definition) is 3. The van der Waals surface area contributed by atoms with Crippen molar-refractivity contribution in [2.24, 2.45) is 17.1 Å². The van der Waals surface area contributed by atoms with E-state index in [1.807, 2.05) is 0 Å². The minimum absolute atomic E-state index is 0.137. The number of amides is 1. The van der Waals surface area contributed by atoms with Crippen LogP contribution in [0.1, 0.15) is 64.7 Å². The smallest absolute Gasteiger partial charge is 0.223 e. The van der Waals surface area contributed by atoms with Crippen molar-refractivity contribution in [1.29, 1.82) is 0 Å². The summed E-state index contributed by atoms with van der Waals surface area (Å²) in [5.74, 6) is 0.384. The molecule has 4 atom stereocenters. The van der Waals surface area contributed by atoms with E-state index in [1.165, 1.54) is 25.7 Å². The standard InChI is InChI=1S/C17H30N2O2/c1-2-21-15-11-14(17(15)8-3-4-9-17)19-16(20)12-6-5-7-13(18)10-12/h12-15H,2-11,18H2,1H3,(H,19,20). The van der Waals surface area contributed by atoms with Crippen molar-refractivity contribution in [3.63, 3.8) is 0 Å². The highest BCUT2D eigenvalue weighted by atomic mass is 16.5. The van der Waals surface area contributed by atoms with Gasteiger partial charge in [0.15, 0.2) is 0 Å². The summed E-state index contributed by atoms with van der Waals surface area (Å²) in [6.45, 7) is 2.85. The maximum absolute atomic E-state index is 12.5. The molecule has 120 valence electrons. The first-order valence-electron chi connectivity index (χ1n) is 8.83. The molecule has 0 heterocycles. The number of nitrogens with two attached hydrogens (primary N) is 1. The van der Waals surface area contributed by atoms with Crippen LogP contribution in [0.15, 0.2) is 0 Å². The van der Waals surface area contributed by atoms with E-state index >= 15 is 0 Å². The van der Waals surface area contributed by atoms with Gasteiger partial charge in [-0.2, -0.15) is 0 Å². The van der Waals surface area contributed by atoms with Crippen LogP contribution in [-0.2, 0) is 9.53 Å². The zero-order chi connectivity index (χ0) is 14.9. The van der Waals surface area contributed by atoms with Crippen LogP contribution in [-0.4, -0.2) is 30.7 Å². The zero-order valence-electron chi connectivity index (χ0n) is 13.3. The van der Waals surface area contributed by atoms with Gasteiger partial charge in [0.25, 0.3) is 0 Å². The molecule has 3 rings (SSSR count). The predicted molar refractivity (Wildman–Crippen MR) is 82.8 cm³/mol. The van der Waals surface area contributed by atoms with Crippen molar-refractivity contribution in [3.05, 3.63) is 0 Å². The van der Waals surface area contributed by atoms with Crippen LogP contribution in [0.25, 0.3) is 0 Å². The molecule has 3 N–H and O–H groups in total. The molecular formula is C17H30N2O2. The third-order valence-electron chi connectivity index (χ3n) is 6.09. The maximum atomic E-state index is 12.5. The molecule has 3 fully saturated rings. The number of carbonyl (C=O) groups excluding carboxylic acids is 1. The average Bonchev–Trinajstić information content (AvgIpc) is 2.98. The Balaban J connectivity index is 1.58. The topological polar surface area (TPSA) is 64.3 Å². The number of nitrogens with one attached hydrogen (secondary N) is 1. The number of hydrogen-bond donors (Lipinski definition) is 2. The van der Waals surface area contributed by atoms with Crippen LogP contribution in [0.2, 0.25) is 0 Å². The minimum Gasteiger partial charge on any atom is -0.378 e. The van der Waals surface area contributed by atoms with Gasteiger partial charge in [0.2, 0.25) is 5.91 Å². The van der Waals surface area contributed by atoms with Crippen molar-refractivity contribution < 1.29 is 9.53 Å². The van der Waals surface area contributed by atoms with E-state index in [0.717, 1.165) is 38.7 Å². The Labute approximate surface area is 128 Å². The summed E-state index contributed by atoms with van der Waals surface area (Å²) in [4.78, 5) is 12.5. The van der Waals surface area contributed by atoms with Crippen molar-refractivity contribution in [1.82, 2.24) is 5.32 Å². The van der Waals surface area contributed by atoms with E-state index in [0.29, 0.717) is 12.1 Å². The van der Waals surface area contributed by atoms with Crippen LogP contribution in [0.3, 0.4) is 0 Å². The van der Waals surface area contributed by atoms with Gasteiger partial charge < -0.3 is 15.8 Å². The first-order chi connectivity index (χ1) is 10.2. The number of rotatable bonds is 4. The van der Waals surface area contributed by atoms with E-state index in [4.69, 9.17) is 10.5 Å². The third-order valence-corrected chi connectivity index (χ3v) is 6.09. The summed E-state index contributed by atoms with van der Waals surface area (Å²) in [5.41, 5.74) is 6.26. The second-order valence-electron chi connectivity index (χ2n) is 7.30. The zero-order valence-corrected chi connectivity index (χ0v) is 13.3. The molecule has 0 saturated heterocycles. The van der Waals surface area contributed by atoms with Crippen molar-refractivity contribution in [2.75, 3.05) is 6.61 Å². The predicted octanol–water partition coefficient (Wildman–Crippen LogP) is 2.36. The maximum Gasteiger partial charge on any atom is 0.223 e. The molecule has 0 aromatic heterocycles. The third kappa shape index (κ3) is 2.85. The van der Waals surface area contributed by atoms with Crippen molar-refractivity contribution in [2.45, 2.75) is 82.9 Å². The van der Waals surface area contributed by atoms with E-state index in [9.17, 15) is 4.79 Å². The molecular weight excluding hydrogens is 264 g/mol. The normalized spacial score (nSPS) is 38.2. The van der Waals surface area contributed by atoms with Gasteiger partial charge in [0.05, 0.1) is 6.10 Å². The fourth-order valence-corrected chi connectivity index (χ4v) is 4.84. The Hall–Kier alpha value is -0.610. The van der Waals surface area contributed by atoms with E-state index < -0.39 is 0 Å². The molecule has 0 aromatic rings. The lowest BCUT2D eigenvalue weighted by atomic mass is 9.60. The summed E-state index contributed by atoms with van der Waals surface area (Å²) in [6, 6.07) is 0.551. The summed E-state index contributed by atoms with van der Waals surface area (Å²) >= 11 is 0. The highest BCUT2D eigenvalue weighted by Crippen LogP contribution is 2.54. The molecule has 4 unspecified atom stereocenters. The van der Waals surface area contributed by atoms with E-state index in [1.54, 1.807) is 0 Å². The van der Waals surface area contributed by atoms with Gasteiger partial charge in [-0.15, -0.1) is 0 Å². The van der Waals surface area contributed by atoms with Gasteiger partial charge in [-0.1, -0.05) is 19.3 Å². The molecule has 0 aromatic carbocycles. The molecule has 3 saturated carbocycles. The largest absolute Gasteiger partial charge is 0.378 e. The Bertz CT molecular complexity index is 379. The second kappa shape index (κ2) is 6.25. The molecule has 1 spiro atoms. The molecule has 3 aliphatic rings. The number of carbonyl (C=O) groups is 1. The summed E-state index contributed by atoms with van der Waals surface area (Å²) in [6.07, 6.45) is 10.4. The van der Waals surface area contributed by atoms with Crippen molar-refractivity contribution >= 4 is 5.91 Å². The van der Waals surface area contributed by atoms with Gasteiger partial charge >= 0.3 is 0 Å². The second-order valence-corrected chi connectivity index (χ2v) is 7.30.